The van der Waals surface area contributed by atoms with Crippen LogP contribution in [0.4, 0.5) is 17.1 Å². The predicted molar refractivity (Wildman–Crippen MR) is 84.8 cm³/mol. The van der Waals surface area contributed by atoms with Crippen molar-refractivity contribution in [3.63, 3.8) is 0 Å². The molecular formula is C13H10Br2N2O3. The Morgan fingerprint density at radius 1 is 1.20 bits per heavy atom. The number of nitrogens with zero attached hydrogens (tertiary/aromatic N) is 1. The Bertz CT molecular complexity index is 662. The first-order valence-corrected chi connectivity index (χ1v) is 7.14. The van der Waals surface area contributed by atoms with Crippen LogP contribution in [0.1, 0.15) is 0 Å². The van der Waals surface area contributed by atoms with Crippen molar-refractivity contribution in [3.05, 3.63) is 55.5 Å². The summed E-state index contributed by atoms with van der Waals surface area (Å²) in [4.78, 5) is 10.6. The number of benzene rings is 2. The number of rotatable bonds is 4. The smallest absolute Gasteiger partial charge is 0.293 e. The minimum Gasteiger partial charge on any atom is -0.496 e. The molecule has 0 amide bonds. The highest BCUT2D eigenvalue weighted by Crippen LogP contribution is 2.33. The summed E-state index contributed by atoms with van der Waals surface area (Å²) in [6.45, 7) is 0. The highest BCUT2D eigenvalue weighted by atomic mass is 79.9. The molecule has 0 aliphatic heterocycles. The highest BCUT2D eigenvalue weighted by Gasteiger charge is 2.14. The Labute approximate surface area is 132 Å². The summed E-state index contributed by atoms with van der Waals surface area (Å²) in [5.74, 6) is 0.695. The molecule has 0 unspecified atom stereocenters. The van der Waals surface area contributed by atoms with Gasteiger partial charge in [-0.05, 0) is 46.3 Å². The van der Waals surface area contributed by atoms with Crippen LogP contribution in [0.25, 0.3) is 0 Å². The van der Waals surface area contributed by atoms with Gasteiger partial charge in [0.15, 0.2) is 0 Å². The van der Waals surface area contributed by atoms with Crippen molar-refractivity contribution in [2.45, 2.75) is 0 Å². The number of ether oxygens (including phenoxy) is 1. The number of hydrogen-bond donors (Lipinski definition) is 1. The average molecular weight is 402 g/mol. The molecule has 0 saturated carbocycles. The van der Waals surface area contributed by atoms with Gasteiger partial charge in [-0.1, -0.05) is 15.9 Å². The van der Waals surface area contributed by atoms with Crippen LogP contribution >= 0.6 is 31.9 Å². The lowest BCUT2D eigenvalue weighted by molar-refractivity contribution is -0.384. The van der Waals surface area contributed by atoms with E-state index in [2.05, 4.69) is 37.2 Å². The molecular weight excluding hydrogens is 392 g/mol. The predicted octanol–water partition coefficient (Wildman–Crippen LogP) is 4.87. The van der Waals surface area contributed by atoms with Crippen molar-refractivity contribution >= 4 is 48.9 Å². The maximum absolute atomic E-state index is 11.0. The molecule has 0 heterocycles. The Morgan fingerprint density at radius 2 is 1.95 bits per heavy atom. The largest absolute Gasteiger partial charge is 0.496 e. The quantitative estimate of drug-likeness (QED) is 0.586. The van der Waals surface area contributed by atoms with Gasteiger partial charge in [-0.15, -0.1) is 0 Å². The number of halogens is 2. The lowest BCUT2D eigenvalue weighted by Gasteiger charge is -2.09. The van der Waals surface area contributed by atoms with Gasteiger partial charge in [-0.25, -0.2) is 0 Å². The van der Waals surface area contributed by atoms with E-state index < -0.39 is 4.92 Å². The summed E-state index contributed by atoms with van der Waals surface area (Å²) in [6.07, 6.45) is 0. The molecule has 7 heteroatoms. The molecule has 2 aromatic carbocycles. The fourth-order valence-electron chi connectivity index (χ4n) is 1.66. The van der Waals surface area contributed by atoms with Crippen LogP contribution in [0, 0.1) is 10.1 Å². The summed E-state index contributed by atoms with van der Waals surface area (Å²) < 4.78 is 6.57. The van der Waals surface area contributed by atoms with E-state index in [-0.39, 0.29) is 5.69 Å². The first-order chi connectivity index (χ1) is 9.51. The SMILES string of the molecule is COc1ccc(Nc2ccc(Br)cc2[N+](=O)[O-])cc1Br. The van der Waals surface area contributed by atoms with Crippen LogP contribution in [0.5, 0.6) is 5.75 Å². The van der Waals surface area contributed by atoms with E-state index in [1.807, 2.05) is 0 Å². The molecule has 1 N–H and O–H groups in total. The van der Waals surface area contributed by atoms with Gasteiger partial charge in [0.25, 0.3) is 5.69 Å². The summed E-state index contributed by atoms with van der Waals surface area (Å²) in [5, 5.41) is 14.1. The van der Waals surface area contributed by atoms with E-state index in [0.717, 1.165) is 10.2 Å². The second-order valence-corrected chi connectivity index (χ2v) is 5.66. The van der Waals surface area contributed by atoms with Crippen LogP contribution in [-0.4, -0.2) is 12.0 Å². The molecule has 0 aliphatic carbocycles. The Balaban J connectivity index is 2.35. The third-order valence-electron chi connectivity index (χ3n) is 2.59. The van der Waals surface area contributed by atoms with Gasteiger partial charge in [0, 0.05) is 16.2 Å². The van der Waals surface area contributed by atoms with E-state index in [1.165, 1.54) is 6.07 Å². The van der Waals surface area contributed by atoms with Crippen LogP contribution in [0.2, 0.25) is 0 Å². The first kappa shape index (κ1) is 14.8. The summed E-state index contributed by atoms with van der Waals surface area (Å²) in [5.41, 5.74) is 1.16. The van der Waals surface area contributed by atoms with Gasteiger partial charge in [-0.3, -0.25) is 10.1 Å². The van der Waals surface area contributed by atoms with E-state index in [4.69, 9.17) is 4.74 Å². The molecule has 0 atom stereocenters. The lowest BCUT2D eigenvalue weighted by atomic mass is 10.2. The van der Waals surface area contributed by atoms with Crippen molar-refractivity contribution in [1.82, 2.24) is 0 Å². The van der Waals surface area contributed by atoms with Gasteiger partial charge in [0.1, 0.15) is 11.4 Å². The number of nitrogens with one attached hydrogen (secondary N) is 1. The second kappa shape index (κ2) is 6.23. The van der Waals surface area contributed by atoms with E-state index in [1.54, 1.807) is 37.4 Å². The zero-order valence-electron chi connectivity index (χ0n) is 10.4. The Hall–Kier alpha value is -1.60. The Morgan fingerprint density at radius 3 is 2.55 bits per heavy atom. The normalized spacial score (nSPS) is 10.2. The van der Waals surface area contributed by atoms with E-state index in [0.29, 0.717) is 15.9 Å². The zero-order valence-corrected chi connectivity index (χ0v) is 13.6. The lowest BCUT2D eigenvalue weighted by Crippen LogP contribution is -1.97. The van der Waals surface area contributed by atoms with Crippen molar-refractivity contribution in [1.29, 1.82) is 0 Å². The first-order valence-electron chi connectivity index (χ1n) is 5.56. The van der Waals surface area contributed by atoms with Crippen LogP contribution < -0.4 is 10.1 Å². The van der Waals surface area contributed by atoms with Gasteiger partial charge >= 0.3 is 0 Å². The van der Waals surface area contributed by atoms with E-state index in [9.17, 15) is 10.1 Å². The maximum Gasteiger partial charge on any atom is 0.293 e. The molecule has 0 spiro atoms. The van der Waals surface area contributed by atoms with Gasteiger partial charge < -0.3 is 10.1 Å². The zero-order chi connectivity index (χ0) is 14.7. The molecule has 0 fully saturated rings. The van der Waals surface area contributed by atoms with Crippen LogP contribution in [0.15, 0.2) is 45.3 Å². The number of nitro benzene ring substituents is 1. The molecule has 0 radical (unpaired) electrons. The monoisotopic (exact) mass is 400 g/mol. The molecule has 5 nitrogen and oxygen atoms in total. The minimum atomic E-state index is -0.425. The Kier molecular flexibility index (Phi) is 4.61. The molecule has 0 aliphatic rings. The fourth-order valence-corrected chi connectivity index (χ4v) is 2.55. The maximum atomic E-state index is 11.0. The summed E-state index contributed by atoms with van der Waals surface area (Å²) in [7, 11) is 1.58. The van der Waals surface area contributed by atoms with Crippen molar-refractivity contribution < 1.29 is 9.66 Å². The fraction of sp³-hybridized carbons (Fsp3) is 0.0769. The van der Waals surface area contributed by atoms with Gasteiger partial charge in [-0.2, -0.15) is 0 Å². The number of anilines is 2. The number of hydrogen-bond acceptors (Lipinski definition) is 4. The molecule has 104 valence electrons. The standard InChI is InChI=1S/C13H10Br2N2O3/c1-20-13-5-3-9(7-10(13)15)16-11-4-2-8(14)6-12(11)17(18)19/h2-7,16H,1H3. The molecule has 2 aromatic rings. The van der Waals surface area contributed by atoms with Crippen molar-refractivity contribution in [2.24, 2.45) is 0 Å². The third kappa shape index (κ3) is 3.29. The second-order valence-electron chi connectivity index (χ2n) is 3.89. The topological polar surface area (TPSA) is 64.4 Å². The number of methoxy groups -OCH3 is 1. The summed E-state index contributed by atoms with van der Waals surface area (Å²) >= 11 is 6.60. The minimum absolute atomic E-state index is 0.00585. The number of nitro groups is 1. The molecule has 0 saturated heterocycles. The molecule has 0 bridgehead atoms. The van der Waals surface area contributed by atoms with Crippen molar-refractivity contribution in [2.75, 3.05) is 12.4 Å². The molecule has 0 aromatic heterocycles. The van der Waals surface area contributed by atoms with Gasteiger partial charge in [0.2, 0.25) is 0 Å². The highest BCUT2D eigenvalue weighted by molar-refractivity contribution is 9.10. The third-order valence-corrected chi connectivity index (χ3v) is 3.70. The van der Waals surface area contributed by atoms with Gasteiger partial charge in [0.05, 0.1) is 16.5 Å². The summed E-state index contributed by atoms with van der Waals surface area (Å²) in [6, 6.07) is 10.2. The average Bonchev–Trinajstić information content (AvgIpc) is 2.41. The molecule has 20 heavy (non-hydrogen) atoms. The van der Waals surface area contributed by atoms with Crippen LogP contribution in [-0.2, 0) is 0 Å². The van der Waals surface area contributed by atoms with Crippen molar-refractivity contribution in [3.8, 4) is 5.75 Å². The van der Waals surface area contributed by atoms with E-state index >= 15 is 0 Å². The van der Waals surface area contributed by atoms with Crippen LogP contribution in [0.3, 0.4) is 0 Å². The molecule has 2 rings (SSSR count).